The zero-order valence-corrected chi connectivity index (χ0v) is 8.33. The van der Waals surface area contributed by atoms with Crippen LogP contribution >= 0.6 is 0 Å². The van der Waals surface area contributed by atoms with Gasteiger partial charge in [0.25, 0.3) is 0 Å². The molecule has 3 N–H and O–H groups in total. The number of aromatic nitrogens is 3. The number of nitrogens with zero attached hydrogens (tertiary/aromatic N) is 3. The zero-order valence-electron chi connectivity index (χ0n) is 8.33. The van der Waals surface area contributed by atoms with Crippen LogP contribution < -0.4 is 5.73 Å². The summed E-state index contributed by atoms with van der Waals surface area (Å²) < 4.78 is 0. The minimum Gasteiger partial charge on any atom is -0.508 e. The molecule has 0 saturated heterocycles. The lowest BCUT2D eigenvalue weighted by Crippen LogP contribution is -1.91. The molecule has 1 heterocycles. The van der Waals surface area contributed by atoms with E-state index >= 15 is 0 Å². The van der Waals surface area contributed by atoms with Gasteiger partial charge in [0.05, 0.1) is 6.20 Å². The summed E-state index contributed by atoms with van der Waals surface area (Å²) in [4.78, 5) is 0. The normalized spacial score (nSPS) is 8.87. The Morgan fingerprint density at radius 3 is 2.27 bits per heavy atom. The molecule has 2 rings (SSSR count). The van der Waals surface area contributed by atoms with E-state index in [1.165, 1.54) is 6.20 Å². The standard InChI is InChI=1S/C7H8O.C3H4N4/c1-6-4-2-3-5-7(6)8;4-3-1-2-5-7-6-3/h2-5,8H,1H3;1-2H,(H2,4,5,6). The van der Waals surface area contributed by atoms with E-state index in [1.54, 1.807) is 12.1 Å². The van der Waals surface area contributed by atoms with Crippen molar-refractivity contribution >= 4 is 5.82 Å². The third-order valence-corrected chi connectivity index (χ3v) is 1.64. The van der Waals surface area contributed by atoms with Crippen LogP contribution in [0.3, 0.4) is 0 Å². The van der Waals surface area contributed by atoms with Gasteiger partial charge in [-0.2, -0.15) is 0 Å². The molecule has 0 aliphatic rings. The average molecular weight is 204 g/mol. The number of phenolic OH excluding ortho intramolecular Hbond substituents is 1. The molecule has 0 atom stereocenters. The minimum atomic E-state index is 0.368. The molecular weight excluding hydrogens is 192 g/mol. The van der Waals surface area contributed by atoms with Crippen LogP contribution in [0, 0.1) is 6.92 Å². The highest BCUT2D eigenvalue weighted by Gasteiger charge is 1.87. The van der Waals surface area contributed by atoms with Gasteiger partial charge < -0.3 is 10.8 Å². The molecule has 5 heteroatoms. The lowest BCUT2D eigenvalue weighted by molar-refractivity contribution is 0.471. The first-order valence-electron chi connectivity index (χ1n) is 4.34. The van der Waals surface area contributed by atoms with Gasteiger partial charge in [0.2, 0.25) is 0 Å². The summed E-state index contributed by atoms with van der Waals surface area (Å²) in [7, 11) is 0. The second-order valence-corrected chi connectivity index (χ2v) is 2.83. The number of para-hydroxylation sites is 1. The van der Waals surface area contributed by atoms with Gasteiger partial charge in [-0.15, -0.1) is 10.2 Å². The van der Waals surface area contributed by atoms with E-state index in [1.807, 2.05) is 25.1 Å². The van der Waals surface area contributed by atoms with Gasteiger partial charge in [-0.05, 0) is 23.8 Å². The highest BCUT2D eigenvalue weighted by Crippen LogP contribution is 2.12. The van der Waals surface area contributed by atoms with Gasteiger partial charge in [-0.3, -0.25) is 0 Å². The fourth-order valence-electron chi connectivity index (χ4n) is 0.814. The van der Waals surface area contributed by atoms with Crippen molar-refractivity contribution in [2.45, 2.75) is 6.92 Å². The molecule has 0 fully saturated rings. The largest absolute Gasteiger partial charge is 0.508 e. The van der Waals surface area contributed by atoms with Crippen molar-refractivity contribution < 1.29 is 5.11 Å². The number of rotatable bonds is 0. The number of nitrogens with two attached hydrogens (primary N) is 1. The Hall–Kier alpha value is -2.17. The van der Waals surface area contributed by atoms with E-state index in [2.05, 4.69) is 15.4 Å². The van der Waals surface area contributed by atoms with Crippen LogP contribution in [-0.4, -0.2) is 20.5 Å². The van der Waals surface area contributed by atoms with Crippen molar-refractivity contribution in [3.05, 3.63) is 42.1 Å². The van der Waals surface area contributed by atoms with Crippen molar-refractivity contribution in [3.8, 4) is 5.75 Å². The summed E-state index contributed by atoms with van der Waals surface area (Å²) in [6.07, 6.45) is 1.49. The molecule has 0 spiro atoms. The number of aromatic hydroxyl groups is 1. The molecule has 0 saturated carbocycles. The predicted octanol–water partition coefficient (Wildman–Crippen LogP) is 1.15. The number of anilines is 1. The van der Waals surface area contributed by atoms with E-state index in [9.17, 15) is 0 Å². The van der Waals surface area contributed by atoms with E-state index in [0.717, 1.165) is 5.56 Å². The van der Waals surface area contributed by atoms with Crippen molar-refractivity contribution in [3.63, 3.8) is 0 Å². The Kier molecular flexibility index (Phi) is 4.03. The van der Waals surface area contributed by atoms with Crippen LogP contribution in [-0.2, 0) is 0 Å². The summed E-state index contributed by atoms with van der Waals surface area (Å²) >= 11 is 0. The van der Waals surface area contributed by atoms with Crippen LogP contribution in [0.4, 0.5) is 5.82 Å². The topological polar surface area (TPSA) is 84.9 Å². The number of benzene rings is 1. The van der Waals surface area contributed by atoms with Crippen molar-refractivity contribution in [1.29, 1.82) is 0 Å². The van der Waals surface area contributed by atoms with Crippen molar-refractivity contribution in [1.82, 2.24) is 15.4 Å². The van der Waals surface area contributed by atoms with Gasteiger partial charge in [0.1, 0.15) is 11.6 Å². The quantitative estimate of drug-likeness (QED) is 0.672. The number of nitrogen functional groups attached to an aromatic ring is 1. The van der Waals surface area contributed by atoms with Gasteiger partial charge in [0, 0.05) is 6.07 Å². The first-order chi connectivity index (χ1) is 7.20. The van der Waals surface area contributed by atoms with Gasteiger partial charge in [-0.25, -0.2) is 0 Å². The lowest BCUT2D eigenvalue weighted by Gasteiger charge is -1.92. The molecule has 5 nitrogen and oxygen atoms in total. The van der Waals surface area contributed by atoms with Crippen LogP contribution in [0.2, 0.25) is 0 Å². The molecule has 0 aliphatic heterocycles. The monoisotopic (exact) mass is 204 g/mol. The van der Waals surface area contributed by atoms with Crippen molar-refractivity contribution in [2.75, 3.05) is 5.73 Å². The van der Waals surface area contributed by atoms with Gasteiger partial charge in [-0.1, -0.05) is 18.2 Å². The second-order valence-electron chi connectivity index (χ2n) is 2.83. The van der Waals surface area contributed by atoms with Crippen LogP contribution in [0.1, 0.15) is 5.56 Å². The summed E-state index contributed by atoms with van der Waals surface area (Å²) in [6.45, 7) is 1.87. The molecule has 0 bridgehead atoms. The summed E-state index contributed by atoms with van der Waals surface area (Å²) in [5, 5.41) is 19.0. The number of hydrogen-bond donors (Lipinski definition) is 2. The van der Waals surface area contributed by atoms with E-state index in [4.69, 9.17) is 10.8 Å². The fraction of sp³-hybridized carbons (Fsp3) is 0.100. The molecule has 0 unspecified atom stereocenters. The Morgan fingerprint density at radius 1 is 1.20 bits per heavy atom. The fourth-order valence-corrected chi connectivity index (χ4v) is 0.814. The third-order valence-electron chi connectivity index (χ3n) is 1.64. The van der Waals surface area contributed by atoms with Crippen molar-refractivity contribution in [2.24, 2.45) is 0 Å². The van der Waals surface area contributed by atoms with Crippen LogP contribution in [0.25, 0.3) is 0 Å². The maximum absolute atomic E-state index is 8.92. The second kappa shape index (κ2) is 5.54. The molecule has 78 valence electrons. The SMILES string of the molecule is Cc1ccccc1O.Nc1ccnnn1. The average Bonchev–Trinajstić information content (AvgIpc) is 2.25. The van der Waals surface area contributed by atoms with Gasteiger partial charge >= 0.3 is 0 Å². The molecule has 0 amide bonds. The Morgan fingerprint density at radius 2 is 1.93 bits per heavy atom. The van der Waals surface area contributed by atoms with E-state index < -0.39 is 0 Å². The zero-order chi connectivity index (χ0) is 11.1. The molecule has 0 radical (unpaired) electrons. The van der Waals surface area contributed by atoms with E-state index in [0.29, 0.717) is 11.6 Å². The van der Waals surface area contributed by atoms with Crippen LogP contribution in [0.15, 0.2) is 36.5 Å². The first-order valence-corrected chi connectivity index (χ1v) is 4.34. The number of phenols is 1. The molecule has 0 aliphatic carbocycles. The highest BCUT2D eigenvalue weighted by atomic mass is 16.3. The maximum Gasteiger partial charge on any atom is 0.149 e. The van der Waals surface area contributed by atoms with Crippen LogP contribution in [0.5, 0.6) is 5.75 Å². The van der Waals surface area contributed by atoms with Gasteiger partial charge in [0.15, 0.2) is 0 Å². The Balaban J connectivity index is 0.000000151. The summed E-state index contributed by atoms with van der Waals surface area (Å²) in [5.74, 6) is 0.766. The minimum absolute atomic E-state index is 0.368. The maximum atomic E-state index is 8.92. The lowest BCUT2D eigenvalue weighted by atomic mass is 10.2. The number of aryl methyl sites for hydroxylation is 1. The molecule has 2 aromatic rings. The van der Waals surface area contributed by atoms with E-state index in [-0.39, 0.29) is 0 Å². The number of hydrogen-bond acceptors (Lipinski definition) is 5. The summed E-state index contributed by atoms with van der Waals surface area (Å²) in [5.41, 5.74) is 6.07. The molecule has 15 heavy (non-hydrogen) atoms. The smallest absolute Gasteiger partial charge is 0.149 e. The highest BCUT2D eigenvalue weighted by molar-refractivity contribution is 5.29. The summed E-state index contributed by atoms with van der Waals surface area (Å²) in [6, 6.07) is 8.83. The third kappa shape index (κ3) is 4.04. The Labute approximate surface area is 87.6 Å². The predicted molar refractivity (Wildman–Crippen MR) is 57.1 cm³/mol. The molecule has 1 aromatic carbocycles. The molecular formula is C10H12N4O. The molecule has 1 aromatic heterocycles. The Bertz CT molecular complexity index is 384. The first kappa shape index (κ1) is 10.9.